The predicted octanol–water partition coefficient (Wildman–Crippen LogP) is 4.96. The molecule has 0 aliphatic rings. The molecule has 0 unspecified atom stereocenters. The molecule has 0 aliphatic heterocycles. The van der Waals surface area contributed by atoms with Crippen LogP contribution in [0.5, 0.6) is 0 Å². The Morgan fingerprint density at radius 2 is 1.68 bits per heavy atom. The number of carbonyl (C=O) groups excluding carboxylic acids is 2. The highest BCUT2D eigenvalue weighted by Crippen LogP contribution is 2.28. The van der Waals surface area contributed by atoms with Crippen LogP contribution in [0, 0.1) is 6.92 Å². The molecule has 2 amide bonds. The molecule has 0 saturated carbocycles. The highest BCUT2D eigenvalue weighted by atomic mass is 35.5. The molecule has 0 aliphatic carbocycles. The monoisotopic (exact) mass is 549 g/mol. The summed E-state index contributed by atoms with van der Waals surface area (Å²) in [6.45, 7) is 9.91. The summed E-state index contributed by atoms with van der Waals surface area (Å²) < 4.78 is 26.4. The molecule has 0 saturated heterocycles. The molecule has 0 heterocycles. The number of anilines is 1. The zero-order valence-corrected chi connectivity index (χ0v) is 24.3. The minimum Gasteiger partial charge on any atom is -0.350 e. The normalized spacial score (nSPS) is 12.6. The van der Waals surface area contributed by atoms with Crippen molar-refractivity contribution in [3.8, 4) is 0 Å². The molecule has 0 spiro atoms. The van der Waals surface area contributed by atoms with Gasteiger partial charge in [-0.05, 0) is 70.2 Å². The standard InChI is InChI=1S/C28H40ClN3O4S/c1-7-24(27(34)30-28(3,4)5)31(20-18-22-13-9-8-10-14-22)26(33)17-12-19-32(37(6,35)36)25-16-11-15-23(29)21(25)2/h8-11,13-16,24H,7,12,17-20H2,1-6H3,(H,30,34)/t24-/m1/s1. The molecule has 2 aromatic carbocycles. The highest BCUT2D eigenvalue weighted by molar-refractivity contribution is 7.92. The Morgan fingerprint density at radius 1 is 1.03 bits per heavy atom. The first-order valence-electron chi connectivity index (χ1n) is 12.6. The van der Waals surface area contributed by atoms with Crippen LogP contribution in [-0.2, 0) is 26.0 Å². The van der Waals surface area contributed by atoms with Crippen molar-refractivity contribution >= 4 is 39.1 Å². The summed E-state index contributed by atoms with van der Waals surface area (Å²) >= 11 is 6.23. The van der Waals surface area contributed by atoms with Crippen LogP contribution < -0.4 is 9.62 Å². The van der Waals surface area contributed by atoms with E-state index in [0.29, 0.717) is 42.1 Å². The van der Waals surface area contributed by atoms with Gasteiger partial charge in [0, 0.05) is 30.1 Å². The first-order chi connectivity index (χ1) is 17.2. The van der Waals surface area contributed by atoms with Crippen molar-refractivity contribution in [3.05, 3.63) is 64.7 Å². The number of benzene rings is 2. The second kappa shape index (κ2) is 13.3. The molecule has 0 bridgehead atoms. The van der Waals surface area contributed by atoms with Gasteiger partial charge in [0.05, 0.1) is 11.9 Å². The lowest BCUT2D eigenvalue weighted by molar-refractivity contribution is -0.141. The van der Waals surface area contributed by atoms with Crippen molar-refractivity contribution in [1.82, 2.24) is 10.2 Å². The van der Waals surface area contributed by atoms with E-state index in [0.717, 1.165) is 11.8 Å². The SMILES string of the molecule is CC[C@H](C(=O)NC(C)(C)C)N(CCc1ccccc1)C(=O)CCCN(c1cccc(Cl)c1C)S(C)(=O)=O. The van der Waals surface area contributed by atoms with Gasteiger partial charge in [0.2, 0.25) is 21.8 Å². The Labute approximate surface area is 227 Å². The Bertz CT molecular complexity index is 1160. The Hall–Kier alpha value is -2.58. The van der Waals surface area contributed by atoms with E-state index in [1.54, 1.807) is 30.0 Å². The third kappa shape index (κ3) is 9.34. The molecule has 2 rings (SSSR count). The molecule has 1 atom stereocenters. The fourth-order valence-corrected chi connectivity index (χ4v) is 5.38. The molecular weight excluding hydrogens is 510 g/mol. The second-order valence-corrected chi connectivity index (χ2v) is 12.6. The number of carbonyl (C=O) groups is 2. The molecule has 1 N–H and O–H groups in total. The molecule has 0 radical (unpaired) electrons. The maximum absolute atomic E-state index is 13.5. The van der Waals surface area contributed by atoms with E-state index >= 15 is 0 Å². The molecule has 9 heteroatoms. The van der Waals surface area contributed by atoms with Gasteiger partial charge in [-0.3, -0.25) is 13.9 Å². The molecule has 0 aromatic heterocycles. The quantitative estimate of drug-likeness (QED) is 0.405. The molecule has 7 nitrogen and oxygen atoms in total. The molecule has 2 aromatic rings. The maximum atomic E-state index is 13.5. The maximum Gasteiger partial charge on any atom is 0.243 e. The van der Waals surface area contributed by atoms with E-state index in [1.165, 1.54) is 4.31 Å². The van der Waals surface area contributed by atoms with Gasteiger partial charge >= 0.3 is 0 Å². The molecule has 0 fully saturated rings. The zero-order valence-electron chi connectivity index (χ0n) is 22.8. The smallest absolute Gasteiger partial charge is 0.243 e. The average Bonchev–Trinajstić information content (AvgIpc) is 2.80. The summed E-state index contributed by atoms with van der Waals surface area (Å²) in [6.07, 6.45) is 2.64. The number of sulfonamides is 1. The summed E-state index contributed by atoms with van der Waals surface area (Å²) in [5.41, 5.74) is 1.81. The first-order valence-corrected chi connectivity index (χ1v) is 14.9. The average molecular weight is 550 g/mol. The van der Waals surface area contributed by atoms with Gasteiger partial charge in [0.15, 0.2) is 0 Å². The first kappa shape index (κ1) is 30.6. The number of hydrogen-bond donors (Lipinski definition) is 1. The van der Waals surface area contributed by atoms with Crippen molar-refractivity contribution in [2.24, 2.45) is 0 Å². The zero-order chi connectivity index (χ0) is 27.8. The van der Waals surface area contributed by atoms with E-state index in [1.807, 2.05) is 58.0 Å². The summed E-state index contributed by atoms with van der Waals surface area (Å²) in [6, 6.07) is 14.3. The van der Waals surface area contributed by atoms with Crippen molar-refractivity contribution in [2.45, 2.75) is 71.9 Å². The van der Waals surface area contributed by atoms with E-state index in [-0.39, 0.29) is 24.8 Å². The summed E-state index contributed by atoms with van der Waals surface area (Å²) in [4.78, 5) is 28.2. The fraction of sp³-hybridized carbons (Fsp3) is 0.500. The highest BCUT2D eigenvalue weighted by Gasteiger charge is 2.30. The Morgan fingerprint density at radius 3 is 2.24 bits per heavy atom. The minimum absolute atomic E-state index is 0.111. The van der Waals surface area contributed by atoms with Gasteiger partial charge in [0.1, 0.15) is 6.04 Å². The van der Waals surface area contributed by atoms with Crippen LogP contribution in [0.3, 0.4) is 0 Å². The lowest BCUT2D eigenvalue weighted by atomic mass is 10.0. The van der Waals surface area contributed by atoms with Crippen LogP contribution in [0.25, 0.3) is 0 Å². The van der Waals surface area contributed by atoms with Crippen molar-refractivity contribution < 1.29 is 18.0 Å². The van der Waals surface area contributed by atoms with Crippen LogP contribution in [0.1, 0.15) is 58.1 Å². The molecule has 37 heavy (non-hydrogen) atoms. The fourth-order valence-electron chi connectivity index (χ4n) is 4.20. The molecule has 204 valence electrons. The van der Waals surface area contributed by atoms with E-state index < -0.39 is 21.6 Å². The van der Waals surface area contributed by atoms with Gasteiger partial charge < -0.3 is 10.2 Å². The van der Waals surface area contributed by atoms with Crippen molar-refractivity contribution in [3.63, 3.8) is 0 Å². The lowest BCUT2D eigenvalue weighted by Crippen LogP contribution is -2.54. The third-order valence-corrected chi connectivity index (χ3v) is 7.62. The minimum atomic E-state index is -3.59. The van der Waals surface area contributed by atoms with Crippen molar-refractivity contribution in [1.29, 1.82) is 0 Å². The van der Waals surface area contributed by atoms with Gasteiger partial charge in [-0.2, -0.15) is 0 Å². The van der Waals surface area contributed by atoms with E-state index in [9.17, 15) is 18.0 Å². The van der Waals surface area contributed by atoms with Crippen LogP contribution in [-0.4, -0.2) is 56.1 Å². The van der Waals surface area contributed by atoms with Gasteiger partial charge in [-0.25, -0.2) is 8.42 Å². The van der Waals surface area contributed by atoms with Gasteiger partial charge in [-0.1, -0.05) is 54.9 Å². The number of nitrogens with one attached hydrogen (secondary N) is 1. The van der Waals surface area contributed by atoms with Gasteiger partial charge in [0.25, 0.3) is 0 Å². The van der Waals surface area contributed by atoms with Crippen LogP contribution in [0.15, 0.2) is 48.5 Å². The third-order valence-electron chi connectivity index (χ3n) is 6.03. The van der Waals surface area contributed by atoms with Crippen molar-refractivity contribution in [2.75, 3.05) is 23.7 Å². The van der Waals surface area contributed by atoms with E-state index in [2.05, 4.69) is 5.32 Å². The lowest BCUT2D eigenvalue weighted by Gasteiger charge is -2.33. The number of hydrogen-bond acceptors (Lipinski definition) is 4. The van der Waals surface area contributed by atoms with Crippen LogP contribution >= 0.6 is 11.6 Å². The Kier molecular flexibility index (Phi) is 11.0. The van der Waals surface area contributed by atoms with Gasteiger partial charge in [-0.15, -0.1) is 0 Å². The predicted molar refractivity (Wildman–Crippen MR) is 151 cm³/mol. The Balaban J connectivity index is 2.21. The van der Waals surface area contributed by atoms with E-state index in [4.69, 9.17) is 11.6 Å². The largest absolute Gasteiger partial charge is 0.350 e. The number of rotatable bonds is 12. The summed E-state index contributed by atoms with van der Waals surface area (Å²) in [7, 11) is -3.59. The topological polar surface area (TPSA) is 86.8 Å². The number of nitrogens with zero attached hydrogens (tertiary/aromatic N) is 2. The number of amides is 2. The van der Waals surface area contributed by atoms with Crippen LogP contribution in [0.4, 0.5) is 5.69 Å². The van der Waals surface area contributed by atoms with Crippen LogP contribution in [0.2, 0.25) is 5.02 Å². The summed E-state index contributed by atoms with van der Waals surface area (Å²) in [5, 5.41) is 3.47. The summed E-state index contributed by atoms with van der Waals surface area (Å²) in [5.74, 6) is -0.369. The molecular formula is C28H40ClN3O4S. The second-order valence-electron chi connectivity index (χ2n) is 10.3. The number of halogens is 1.